The average Bonchev–Trinajstić information content (AvgIpc) is 3.06. The third-order valence-electron chi connectivity index (χ3n) is 3.03. The molecule has 0 aliphatic carbocycles. The van der Waals surface area contributed by atoms with Gasteiger partial charge in [-0.1, -0.05) is 12.1 Å². The maximum Gasteiger partial charge on any atom is 0.191 e. The number of aromatic nitrogens is 2. The molecule has 2 aromatic rings. The Labute approximate surface area is 135 Å². The van der Waals surface area contributed by atoms with Crippen LogP contribution in [-0.4, -0.2) is 35.4 Å². The Morgan fingerprint density at radius 2 is 2.17 bits per heavy atom. The van der Waals surface area contributed by atoms with E-state index in [2.05, 4.69) is 25.8 Å². The molecule has 1 heterocycles. The third-order valence-corrected chi connectivity index (χ3v) is 3.03. The lowest BCUT2D eigenvalue weighted by molar-refractivity contribution is 0.214. The summed E-state index contributed by atoms with van der Waals surface area (Å²) in [6.45, 7) is 5.61. The van der Waals surface area contributed by atoms with Crippen LogP contribution in [0.4, 0.5) is 4.39 Å². The zero-order valence-electron chi connectivity index (χ0n) is 13.3. The Morgan fingerprint density at radius 3 is 2.87 bits per heavy atom. The number of guanidine groups is 1. The number of nitrogens with zero attached hydrogens (tertiary/aromatic N) is 2. The van der Waals surface area contributed by atoms with Gasteiger partial charge in [-0.25, -0.2) is 9.38 Å². The van der Waals surface area contributed by atoms with Crippen LogP contribution in [0.1, 0.15) is 19.5 Å². The first-order valence-electron chi connectivity index (χ1n) is 7.60. The smallest absolute Gasteiger partial charge is 0.191 e. The second kappa shape index (κ2) is 8.77. The molecule has 0 amide bonds. The molecule has 0 radical (unpaired) electrons. The fourth-order valence-electron chi connectivity index (χ4n) is 1.92. The van der Waals surface area contributed by atoms with Crippen LogP contribution in [0.25, 0.3) is 0 Å². The Bertz CT molecular complexity index is 615. The van der Waals surface area contributed by atoms with Crippen LogP contribution in [0.2, 0.25) is 0 Å². The highest BCUT2D eigenvalue weighted by atomic mass is 19.1. The molecule has 6 nitrogen and oxygen atoms in total. The van der Waals surface area contributed by atoms with E-state index in [4.69, 9.17) is 4.74 Å². The van der Waals surface area contributed by atoms with E-state index in [0.717, 1.165) is 12.2 Å². The fraction of sp³-hybridized carbons (Fsp3) is 0.375. The number of aliphatic imine (C=N–C) groups is 1. The first kappa shape index (κ1) is 16.8. The summed E-state index contributed by atoms with van der Waals surface area (Å²) < 4.78 is 19.1. The summed E-state index contributed by atoms with van der Waals surface area (Å²) in [5.41, 5.74) is 0.929. The maximum atomic E-state index is 13.6. The number of aromatic amines is 1. The summed E-state index contributed by atoms with van der Waals surface area (Å²) in [5.74, 6) is 0.562. The Kier molecular flexibility index (Phi) is 6.40. The molecule has 0 spiro atoms. The minimum Gasteiger partial charge on any atom is -0.486 e. The number of nitrogens with one attached hydrogen (secondary N) is 3. The van der Waals surface area contributed by atoms with Crippen LogP contribution in [0.15, 0.2) is 41.5 Å². The van der Waals surface area contributed by atoms with Crippen LogP contribution >= 0.6 is 0 Å². The van der Waals surface area contributed by atoms with Crippen molar-refractivity contribution < 1.29 is 9.13 Å². The van der Waals surface area contributed by atoms with E-state index < -0.39 is 0 Å². The van der Waals surface area contributed by atoms with Crippen LogP contribution in [0, 0.1) is 5.82 Å². The van der Waals surface area contributed by atoms with E-state index in [-0.39, 0.29) is 17.7 Å². The average molecular weight is 319 g/mol. The lowest BCUT2D eigenvalue weighted by atomic mass is 10.3. The minimum absolute atomic E-state index is 0.206. The highest BCUT2D eigenvalue weighted by Crippen LogP contribution is 2.16. The minimum atomic E-state index is -0.362. The molecule has 1 unspecified atom stereocenters. The van der Waals surface area contributed by atoms with Crippen molar-refractivity contribution in [2.75, 3.05) is 13.1 Å². The van der Waals surface area contributed by atoms with E-state index in [1.807, 2.05) is 19.9 Å². The van der Waals surface area contributed by atoms with Crippen LogP contribution in [-0.2, 0) is 6.54 Å². The van der Waals surface area contributed by atoms with Crippen molar-refractivity contribution in [1.82, 2.24) is 20.8 Å². The predicted octanol–water partition coefficient (Wildman–Crippen LogP) is 2.07. The second-order valence-corrected chi connectivity index (χ2v) is 5.02. The van der Waals surface area contributed by atoms with Gasteiger partial charge in [0.1, 0.15) is 6.10 Å². The molecule has 0 aliphatic heterocycles. The van der Waals surface area contributed by atoms with Crippen LogP contribution in [0.3, 0.4) is 0 Å². The van der Waals surface area contributed by atoms with Crippen molar-refractivity contribution >= 4 is 5.96 Å². The summed E-state index contributed by atoms with van der Waals surface area (Å²) in [6.07, 6.45) is 1.48. The van der Waals surface area contributed by atoms with E-state index >= 15 is 0 Å². The summed E-state index contributed by atoms with van der Waals surface area (Å²) in [6, 6.07) is 8.25. The number of H-pyrrole nitrogens is 1. The molecule has 7 heteroatoms. The van der Waals surface area contributed by atoms with Gasteiger partial charge in [-0.05, 0) is 32.0 Å². The Morgan fingerprint density at radius 1 is 1.35 bits per heavy atom. The molecule has 3 N–H and O–H groups in total. The van der Waals surface area contributed by atoms with Gasteiger partial charge in [0.05, 0.1) is 18.8 Å². The number of para-hydroxylation sites is 1. The predicted molar refractivity (Wildman–Crippen MR) is 87.9 cm³/mol. The molecule has 0 aliphatic rings. The summed E-state index contributed by atoms with van der Waals surface area (Å²) in [7, 11) is 0. The zero-order valence-corrected chi connectivity index (χ0v) is 13.3. The molecule has 23 heavy (non-hydrogen) atoms. The molecule has 1 atom stereocenters. The zero-order chi connectivity index (χ0) is 16.5. The molecular formula is C16H22FN5O. The molecule has 0 bridgehead atoms. The molecule has 124 valence electrons. The summed E-state index contributed by atoms with van der Waals surface area (Å²) in [4.78, 5) is 4.45. The largest absolute Gasteiger partial charge is 0.486 e. The highest BCUT2D eigenvalue weighted by molar-refractivity contribution is 5.79. The molecule has 0 saturated heterocycles. The molecular weight excluding hydrogens is 297 g/mol. The Balaban J connectivity index is 1.85. The first-order chi connectivity index (χ1) is 11.2. The topological polar surface area (TPSA) is 74.3 Å². The van der Waals surface area contributed by atoms with Crippen LogP contribution in [0.5, 0.6) is 5.75 Å². The molecule has 1 aromatic heterocycles. The number of benzene rings is 1. The molecule has 0 fully saturated rings. The van der Waals surface area contributed by atoms with Gasteiger partial charge in [0.2, 0.25) is 0 Å². The highest BCUT2D eigenvalue weighted by Gasteiger charge is 2.08. The van der Waals surface area contributed by atoms with Crippen molar-refractivity contribution in [1.29, 1.82) is 0 Å². The van der Waals surface area contributed by atoms with Gasteiger partial charge in [0.15, 0.2) is 17.5 Å². The second-order valence-electron chi connectivity index (χ2n) is 5.02. The van der Waals surface area contributed by atoms with Gasteiger partial charge in [-0.15, -0.1) is 0 Å². The van der Waals surface area contributed by atoms with Crippen molar-refractivity contribution in [2.45, 2.75) is 26.5 Å². The Hall–Kier alpha value is -2.57. The van der Waals surface area contributed by atoms with Crippen molar-refractivity contribution in [3.05, 3.63) is 48.0 Å². The maximum absolute atomic E-state index is 13.6. The standard InChI is InChI=1S/C16H22FN5O/c1-3-18-16(20-11-13-8-9-21-22-13)19-10-12(2)23-15-7-5-4-6-14(15)17/h4-9,12H,3,10-11H2,1-2H3,(H,21,22)(H2,18,19,20). The van der Waals surface area contributed by atoms with Crippen molar-refractivity contribution in [3.8, 4) is 5.75 Å². The van der Waals surface area contributed by atoms with E-state index in [0.29, 0.717) is 19.0 Å². The molecule has 2 rings (SSSR count). The van der Waals surface area contributed by atoms with Gasteiger partial charge in [0.25, 0.3) is 0 Å². The number of ether oxygens (including phenoxy) is 1. The summed E-state index contributed by atoms with van der Waals surface area (Å²) in [5, 5.41) is 13.1. The van der Waals surface area contributed by atoms with Gasteiger partial charge in [0, 0.05) is 12.7 Å². The quantitative estimate of drug-likeness (QED) is 0.539. The fourth-order valence-corrected chi connectivity index (χ4v) is 1.92. The summed E-state index contributed by atoms with van der Waals surface area (Å²) >= 11 is 0. The van der Waals surface area contributed by atoms with E-state index in [9.17, 15) is 4.39 Å². The number of rotatable bonds is 7. The van der Waals surface area contributed by atoms with Gasteiger partial charge >= 0.3 is 0 Å². The van der Waals surface area contributed by atoms with E-state index in [1.165, 1.54) is 6.07 Å². The van der Waals surface area contributed by atoms with Gasteiger partial charge < -0.3 is 15.4 Å². The number of hydrogen-bond acceptors (Lipinski definition) is 3. The third kappa shape index (κ3) is 5.61. The monoisotopic (exact) mass is 319 g/mol. The lowest BCUT2D eigenvalue weighted by Gasteiger charge is -2.17. The van der Waals surface area contributed by atoms with E-state index in [1.54, 1.807) is 24.4 Å². The van der Waals surface area contributed by atoms with Gasteiger partial charge in [-0.2, -0.15) is 5.10 Å². The van der Waals surface area contributed by atoms with Crippen LogP contribution < -0.4 is 15.4 Å². The number of hydrogen-bond donors (Lipinski definition) is 3. The SMILES string of the molecule is CCNC(=NCc1ccn[nH]1)NCC(C)Oc1ccccc1F. The molecule has 1 aromatic carbocycles. The lowest BCUT2D eigenvalue weighted by Crippen LogP contribution is -2.41. The first-order valence-corrected chi connectivity index (χ1v) is 7.60. The molecule has 0 saturated carbocycles. The van der Waals surface area contributed by atoms with Crippen molar-refractivity contribution in [2.24, 2.45) is 4.99 Å². The number of halogens is 1. The van der Waals surface area contributed by atoms with Crippen molar-refractivity contribution in [3.63, 3.8) is 0 Å². The van der Waals surface area contributed by atoms with Gasteiger partial charge in [-0.3, -0.25) is 5.10 Å². The normalized spacial score (nSPS) is 12.7.